The van der Waals surface area contributed by atoms with E-state index in [9.17, 15) is 15.0 Å². The van der Waals surface area contributed by atoms with Crippen LogP contribution < -0.4 is 5.43 Å². The van der Waals surface area contributed by atoms with Crippen LogP contribution in [0.2, 0.25) is 0 Å². The van der Waals surface area contributed by atoms with Crippen molar-refractivity contribution in [3.8, 4) is 5.75 Å². The van der Waals surface area contributed by atoms with E-state index in [2.05, 4.69) is 0 Å². The first-order valence-electron chi connectivity index (χ1n) is 6.75. The van der Waals surface area contributed by atoms with Crippen molar-refractivity contribution < 1.29 is 15.3 Å². The molecule has 0 bridgehead atoms. The van der Waals surface area contributed by atoms with Gasteiger partial charge in [0.05, 0.1) is 18.9 Å². The molecule has 0 radical (unpaired) electrons. The third-order valence-electron chi connectivity index (χ3n) is 3.09. The molecule has 0 fully saturated rings. The Morgan fingerprint density at radius 3 is 2.50 bits per heavy atom. The zero-order valence-electron chi connectivity index (χ0n) is 12.3. The second-order valence-electron chi connectivity index (χ2n) is 5.42. The monoisotopic (exact) mass is 284 g/mol. The molecule has 1 aromatic heterocycles. The van der Waals surface area contributed by atoms with Crippen LogP contribution in [0.3, 0.4) is 0 Å². The molecule has 1 aromatic rings. The van der Waals surface area contributed by atoms with Crippen LogP contribution in [0.1, 0.15) is 25.2 Å². The number of aromatic nitrogens is 1. The first kappa shape index (κ1) is 16.7. The lowest BCUT2D eigenvalue weighted by molar-refractivity contribution is 0.209. The topological polar surface area (TPSA) is 85.9 Å². The van der Waals surface area contributed by atoms with Crippen LogP contribution in [0.25, 0.3) is 0 Å². The van der Waals surface area contributed by atoms with Gasteiger partial charge in [-0.15, -0.1) is 0 Å². The standard InChI is InChI=1S/C14H24N2O4/c1-10(2)7-16-11(9-18)6-13(19)14(20)12(16)8-15(3)4-5-17/h6,10,17-18,20H,4-5,7-9H2,1-3H3. The van der Waals surface area contributed by atoms with Gasteiger partial charge in [0, 0.05) is 31.4 Å². The second-order valence-corrected chi connectivity index (χ2v) is 5.42. The van der Waals surface area contributed by atoms with Crippen molar-refractivity contribution in [2.45, 2.75) is 33.5 Å². The van der Waals surface area contributed by atoms with Crippen molar-refractivity contribution in [1.29, 1.82) is 0 Å². The quantitative estimate of drug-likeness (QED) is 0.662. The van der Waals surface area contributed by atoms with Gasteiger partial charge in [-0.1, -0.05) is 13.8 Å². The number of aromatic hydroxyl groups is 1. The predicted molar refractivity (Wildman–Crippen MR) is 76.5 cm³/mol. The van der Waals surface area contributed by atoms with E-state index < -0.39 is 5.43 Å². The van der Waals surface area contributed by atoms with Crippen LogP contribution >= 0.6 is 0 Å². The Bertz CT molecular complexity index is 497. The number of nitrogens with zero attached hydrogens (tertiary/aromatic N) is 2. The van der Waals surface area contributed by atoms with Crippen LogP contribution in [0.4, 0.5) is 0 Å². The molecule has 0 aliphatic heterocycles. The van der Waals surface area contributed by atoms with Crippen molar-refractivity contribution in [3.63, 3.8) is 0 Å². The molecule has 20 heavy (non-hydrogen) atoms. The number of aliphatic hydroxyl groups excluding tert-OH is 2. The van der Waals surface area contributed by atoms with Gasteiger partial charge in [-0.2, -0.15) is 0 Å². The van der Waals surface area contributed by atoms with E-state index in [-0.39, 0.29) is 19.0 Å². The van der Waals surface area contributed by atoms with E-state index in [1.54, 1.807) is 11.6 Å². The van der Waals surface area contributed by atoms with Crippen molar-refractivity contribution >= 4 is 0 Å². The summed E-state index contributed by atoms with van der Waals surface area (Å²) < 4.78 is 1.79. The smallest absolute Gasteiger partial charge is 0.223 e. The molecule has 0 unspecified atom stereocenters. The Hall–Kier alpha value is -1.37. The zero-order valence-corrected chi connectivity index (χ0v) is 12.3. The summed E-state index contributed by atoms with van der Waals surface area (Å²) in [5.41, 5.74) is 0.488. The lowest BCUT2D eigenvalue weighted by atomic mass is 10.1. The first-order chi connectivity index (χ1) is 9.40. The van der Waals surface area contributed by atoms with Gasteiger partial charge in [0.1, 0.15) is 0 Å². The predicted octanol–water partition coefficient (Wildman–Crippen LogP) is 0.126. The molecular weight excluding hydrogens is 260 g/mol. The summed E-state index contributed by atoms with van der Waals surface area (Å²) in [6.07, 6.45) is 0. The number of hydrogen-bond acceptors (Lipinski definition) is 5. The van der Waals surface area contributed by atoms with Gasteiger partial charge in [-0.25, -0.2) is 0 Å². The summed E-state index contributed by atoms with van der Waals surface area (Å²) in [7, 11) is 1.80. The van der Waals surface area contributed by atoms with Crippen LogP contribution in [-0.4, -0.2) is 45.0 Å². The lowest BCUT2D eigenvalue weighted by Crippen LogP contribution is -2.27. The molecule has 0 saturated carbocycles. The van der Waals surface area contributed by atoms with Gasteiger partial charge in [0.2, 0.25) is 5.43 Å². The molecule has 0 saturated heterocycles. The highest BCUT2D eigenvalue weighted by atomic mass is 16.3. The van der Waals surface area contributed by atoms with E-state index in [0.717, 1.165) is 0 Å². The Labute approximate surface area is 118 Å². The molecule has 6 nitrogen and oxygen atoms in total. The molecule has 1 heterocycles. The normalized spacial score (nSPS) is 11.6. The number of likely N-dealkylation sites (N-methyl/N-ethyl adjacent to an activating group) is 1. The summed E-state index contributed by atoms with van der Waals surface area (Å²) in [4.78, 5) is 13.6. The van der Waals surface area contributed by atoms with Gasteiger partial charge in [-0.05, 0) is 13.0 Å². The molecule has 0 amide bonds. The van der Waals surface area contributed by atoms with Crippen LogP contribution in [0.15, 0.2) is 10.9 Å². The fourth-order valence-electron chi connectivity index (χ4n) is 2.13. The van der Waals surface area contributed by atoms with Gasteiger partial charge >= 0.3 is 0 Å². The number of pyridine rings is 1. The van der Waals surface area contributed by atoms with E-state index in [1.165, 1.54) is 6.07 Å². The minimum Gasteiger partial charge on any atom is -0.503 e. The van der Waals surface area contributed by atoms with Crippen LogP contribution in [0, 0.1) is 5.92 Å². The maximum absolute atomic E-state index is 11.8. The summed E-state index contributed by atoms with van der Waals surface area (Å²) >= 11 is 0. The van der Waals surface area contributed by atoms with Gasteiger partial charge in [-0.3, -0.25) is 9.69 Å². The second kappa shape index (κ2) is 7.42. The minimum absolute atomic E-state index is 0.00532. The highest BCUT2D eigenvalue weighted by Crippen LogP contribution is 2.18. The highest BCUT2D eigenvalue weighted by molar-refractivity contribution is 5.30. The average Bonchev–Trinajstić information content (AvgIpc) is 2.37. The van der Waals surface area contributed by atoms with Gasteiger partial charge < -0.3 is 19.9 Å². The third-order valence-corrected chi connectivity index (χ3v) is 3.09. The fourth-order valence-corrected chi connectivity index (χ4v) is 2.13. The number of hydrogen-bond donors (Lipinski definition) is 3. The summed E-state index contributed by atoms with van der Waals surface area (Å²) in [5, 5.41) is 28.4. The number of aliphatic hydroxyl groups is 2. The first-order valence-corrected chi connectivity index (χ1v) is 6.75. The largest absolute Gasteiger partial charge is 0.503 e. The zero-order chi connectivity index (χ0) is 15.3. The maximum Gasteiger partial charge on any atom is 0.223 e. The van der Waals surface area contributed by atoms with Crippen LogP contribution in [0.5, 0.6) is 5.75 Å². The van der Waals surface area contributed by atoms with E-state index >= 15 is 0 Å². The van der Waals surface area contributed by atoms with E-state index in [1.807, 2.05) is 18.7 Å². The fraction of sp³-hybridized carbons (Fsp3) is 0.643. The molecule has 3 N–H and O–H groups in total. The maximum atomic E-state index is 11.8. The van der Waals surface area contributed by atoms with E-state index in [4.69, 9.17) is 5.11 Å². The van der Waals surface area contributed by atoms with Crippen molar-refractivity contribution in [3.05, 3.63) is 27.7 Å². The molecule has 0 spiro atoms. The molecule has 0 aromatic carbocycles. The van der Waals surface area contributed by atoms with Gasteiger partial charge in [0.15, 0.2) is 5.75 Å². The SMILES string of the molecule is CC(C)Cn1c(CO)cc(=O)c(O)c1CN(C)CCO. The molecule has 114 valence electrons. The van der Waals surface area contributed by atoms with Gasteiger partial charge in [0.25, 0.3) is 0 Å². The minimum atomic E-state index is -0.485. The Morgan fingerprint density at radius 2 is 2.00 bits per heavy atom. The molecule has 0 atom stereocenters. The summed E-state index contributed by atoms with van der Waals surface area (Å²) in [6.45, 7) is 5.19. The van der Waals surface area contributed by atoms with Crippen molar-refractivity contribution in [1.82, 2.24) is 9.47 Å². The molecule has 1 rings (SSSR count). The summed E-state index contributed by atoms with van der Waals surface area (Å²) in [6, 6.07) is 1.27. The van der Waals surface area contributed by atoms with E-state index in [0.29, 0.717) is 36.9 Å². The lowest BCUT2D eigenvalue weighted by Gasteiger charge is -2.23. The van der Waals surface area contributed by atoms with Crippen molar-refractivity contribution in [2.24, 2.45) is 5.92 Å². The Kier molecular flexibility index (Phi) is 6.19. The summed E-state index contributed by atoms with van der Waals surface area (Å²) in [5.74, 6) is 0.0248. The molecular formula is C14H24N2O4. The number of rotatable bonds is 7. The average molecular weight is 284 g/mol. The molecule has 6 heteroatoms. The molecule has 0 aliphatic carbocycles. The third kappa shape index (κ3) is 4.06. The van der Waals surface area contributed by atoms with Crippen molar-refractivity contribution in [2.75, 3.05) is 20.2 Å². The Balaban J connectivity index is 3.28. The highest BCUT2D eigenvalue weighted by Gasteiger charge is 2.16. The molecule has 0 aliphatic rings. The Morgan fingerprint density at radius 1 is 1.35 bits per heavy atom. The van der Waals surface area contributed by atoms with Crippen LogP contribution in [-0.2, 0) is 19.7 Å².